The molecular weight excluding hydrogens is 507 g/mol. The molecule has 3 rings (SSSR count). The van der Waals surface area contributed by atoms with Gasteiger partial charge < -0.3 is 10.1 Å². The van der Waals surface area contributed by atoms with Gasteiger partial charge in [0.15, 0.2) is 0 Å². The highest BCUT2D eigenvalue weighted by Gasteiger charge is 2.27. The molecule has 3 aromatic carbocycles. The lowest BCUT2D eigenvalue weighted by atomic mass is 10.2. The molecule has 0 unspecified atom stereocenters. The molecule has 0 aliphatic heterocycles. The maximum absolute atomic E-state index is 13.4. The summed E-state index contributed by atoms with van der Waals surface area (Å²) < 4.78 is 33.3. The zero-order chi connectivity index (χ0) is 24.0. The first-order valence-corrected chi connectivity index (χ1v) is 12.4. The molecule has 0 aliphatic carbocycles. The van der Waals surface area contributed by atoms with E-state index in [2.05, 4.69) is 5.32 Å². The van der Waals surface area contributed by atoms with E-state index in [9.17, 15) is 13.2 Å². The molecule has 33 heavy (non-hydrogen) atoms. The Balaban J connectivity index is 1.76. The highest BCUT2D eigenvalue weighted by Crippen LogP contribution is 2.29. The van der Waals surface area contributed by atoms with E-state index in [1.807, 2.05) is 6.92 Å². The van der Waals surface area contributed by atoms with Crippen molar-refractivity contribution in [3.05, 3.63) is 87.4 Å². The molecule has 0 saturated carbocycles. The molecule has 0 radical (unpaired) electrons. The molecule has 6 nitrogen and oxygen atoms in total. The summed E-state index contributed by atoms with van der Waals surface area (Å²) in [6.45, 7) is 1.68. The number of hydrogen-bond acceptors (Lipinski definition) is 4. The van der Waals surface area contributed by atoms with Gasteiger partial charge in [-0.15, -0.1) is 0 Å². The number of sulfonamides is 1. The number of anilines is 1. The van der Waals surface area contributed by atoms with Crippen LogP contribution >= 0.6 is 34.8 Å². The first kappa shape index (κ1) is 25.2. The fraction of sp³-hybridized carbons (Fsp3) is 0.174. The van der Waals surface area contributed by atoms with Gasteiger partial charge >= 0.3 is 0 Å². The maximum atomic E-state index is 13.4. The molecule has 3 aromatic rings. The Labute approximate surface area is 208 Å². The van der Waals surface area contributed by atoms with E-state index in [0.717, 1.165) is 9.87 Å². The fourth-order valence-electron chi connectivity index (χ4n) is 2.94. The summed E-state index contributed by atoms with van der Waals surface area (Å²) in [5.41, 5.74) is 1.08. The van der Waals surface area contributed by atoms with Gasteiger partial charge in [0.25, 0.3) is 10.0 Å². The van der Waals surface area contributed by atoms with Crippen molar-refractivity contribution >= 4 is 56.4 Å². The van der Waals surface area contributed by atoms with Gasteiger partial charge in [-0.3, -0.25) is 9.10 Å². The van der Waals surface area contributed by atoms with Crippen molar-refractivity contribution in [2.75, 3.05) is 24.0 Å². The average Bonchev–Trinajstić information content (AvgIpc) is 2.75. The average molecular weight is 528 g/mol. The first-order chi connectivity index (χ1) is 15.7. The van der Waals surface area contributed by atoms with E-state index < -0.39 is 22.5 Å². The van der Waals surface area contributed by atoms with Crippen LogP contribution in [0.3, 0.4) is 0 Å². The lowest BCUT2D eigenvalue weighted by Gasteiger charge is -2.24. The fourth-order valence-corrected chi connectivity index (χ4v) is 5.04. The van der Waals surface area contributed by atoms with Crippen LogP contribution in [0.4, 0.5) is 5.69 Å². The summed E-state index contributed by atoms with van der Waals surface area (Å²) in [6.07, 6.45) is 0. The van der Waals surface area contributed by atoms with Crippen molar-refractivity contribution in [2.45, 2.75) is 11.8 Å². The van der Waals surface area contributed by atoms with Gasteiger partial charge in [0, 0.05) is 10.0 Å². The third kappa shape index (κ3) is 6.77. The van der Waals surface area contributed by atoms with Crippen molar-refractivity contribution < 1.29 is 17.9 Å². The van der Waals surface area contributed by atoms with Crippen LogP contribution < -0.4 is 14.4 Å². The molecule has 0 bridgehead atoms. The summed E-state index contributed by atoms with van der Waals surface area (Å²) >= 11 is 18.2. The number of benzene rings is 3. The third-order valence-electron chi connectivity index (χ3n) is 4.55. The van der Waals surface area contributed by atoms with Crippen molar-refractivity contribution in [3.8, 4) is 5.75 Å². The molecule has 174 valence electrons. The van der Waals surface area contributed by atoms with Crippen LogP contribution in [0.1, 0.15) is 5.56 Å². The Morgan fingerprint density at radius 3 is 2.24 bits per heavy atom. The number of amides is 1. The van der Waals surface area contributed by atoms with Crippen LogP contribution in [0.2, 0.25) is 15.1 Å². The van der Waals surface area contributed by atoms with Crippen molar-refractivity contribution in [2.24, 2.45) is 0 Å². The smallest absolute Gasteiger partial charge is 0.264 e. The number of hydrogen-bond donors (Lipinski definition) is 1. The molecule has 1 amide bonds. The minimum absolute atomic E-state index is 0.0408. The van der Waals surface area contributed by atoms with Gasteiger partial charge in [-0.2, -0.15) is 0 Å². The van der Waals surface area contributed by atoms with E-state index in [-0.39, 0.29) is 33.8 Å². The van der Waals surface area contributed by atoms with Gasteiger partial charge in [0.1, 0.15) is 18.9 Å². The lowest BCUT2D eigenvalue weighted by Crippen LogP contribution is -2.42. The van der Waals surface area contributed by atoms with Gasteiger partial charge in [-0.25, -0.2) is 8.42 Å². The largest absolute Gasteiger partial charge is 0.490 e. The second kappa shape index (κ2) is 11.1. The van der Waals surface area contributed by atoms with Crippen LogP contribution in [-0.4, -0.2) is 34.0 Å². The Morgan fingerprint density at radius 1 is 0.970 bits per heavy atom. The molecule has 0 atom stereocenters. The number of carbonyl (C=O) groups excluding carboxylic acids is 1. The normalized spacial score (nSPS) is 11.2. The molecule has 0 heterocycles. The second-order valence-electron chi connectivity index (χ2n) is 7.08. The highest BCUT2D eigenvalue weighted by atomic mass is 35.5. The quantitative estimate of drug-likeness (QED) is 0.381. The van der Waals surface area contributed by atoms with Gasteiger partial charge in [0.2, 0.25) is 5.91 Å². The van der Waals surface area contributed by atoms with Gasteiger partial charge in [-0.05, 0) is 49.4 Å². The monoisotopic (exact) mass is 526 g/mol. The number of aryl methyl sites for hydroxylation is 1. The van der Waals surface area contributed by atoms with Gasteiger partial charge in [-0.1, -0.05) is 64.6 Å². The van der Waals surface area contributed by atoms with Crippen LogP contribution in [0.5, 0.6) is 5.75 Å². The molecule has 1 N–H and O–H groups in total. The molecule has 0 saturated heterocycles. The van der Waals surface area contributed by atoms with E-state index in [0.29, 0.717) is 10.8 Å². The number of ether oxygens (including phenoxy) is 1. The number of rotatable bonds is 9. The van der Waals surface area contributed by atoms with Gasteiger partial charge in [0.05, 0.1) is 22.2 Å². The number of carbonyl (C=O) groups is 1. The van der Waals surface area contributed by atoms with Crippen molar-refractivity contribution in [3.63, 3.8) is 0 Å². The lowest BCUT2D eigenvalue weighted by molar-refractivity contribution is -0.119. The third-order valence-corrected chi connectivity index (χ3v) is 7.09. The summed E-state index contributed by atoms with van der Waals surface area (Å²) in [5.74, 6) is -0.0323. The second-order valence-corrected chi connectivity index (χ2v) is 10.2. The molecular formula is C23H21Cl3N2O4S. The molecule has 10 heteroatoms. The minimum Gasteiger partial charge on any atom is -0.490 e. The predicted molar refractivity (Wildman–Crippen MR) is 132 cm³/mol. The maximum Gasteiger partial charge on any atom is 0.264 e. The van der Waals surface area contributed by atoms with Crippen LogP contribution in [0.15, 0.2) is 71.6 Å². The zero-order valence-corrected chi connectivity index (χ0v) is 20.7. The van der Waals surface area contributed by atoms with Crippen molar-refractivity contribution in [1.82, 2.24) is 5.32 Å². The van der Waals surface area contributed by atoms with Crippen molar-refractivity contribution in [1.29, 1.82) is 0 Å². The van der Waals surface area contributed by atoms with E-state index >= 15 is 0 Å². The zero-order valence-electron chi connectivity index (χ0n) is 17.6. The Morgan fingerprint density at radius 2 is 1.61 bits per heavy atom. The Bertz CT molecular complexity index is 1210. The minimum atomic E-state index is -4.07. The number of nitrogens with zero attached hydrogens (tertiary/aromatic N) is 1. The Kier molecular flexibility index (Phi) is 8.48. The molecule has 0 fully saturated rings. The number of halogens is 3. The van der Waals surface area contributed by atoms with Crippen LogP contribution in [0, 0.1) is 6.92 Å². The standard InChI is InChI=1S/C23H21Cl3N2O4S/c1-16-6-8-20(9-7-16)33(30,31)28(19-13-17(24)12-18(25)14-19)15-23(29)27-10-11-32-22-5-3-2-4-21(22)26/h2-9,12-14H,10-11,15H2,1H3,(H,27,29). The molecule has 0 spiro atoms. The topological polar surface area (TPSA) is 75.7 Å². The summed E-state index contributed by atoms with van der Waals surface area (Å²) in [7, 11) is -4.07. The van der Waals surface area contributed by atoms with E-state index in [4.69, 9.17) is 39.5 Å². The summed E-state index contributed by atoms with van der Waals surface area (Å²) in [6, 6.07) is 17.7. The highest BCUT2D eigenvalue weighted by molar-refractivity contribution is 7.92. The van der Waals surface area contributed by atoms with E-state index in [1.165, 1.54) is 30.3 Å². The predicted octanol–water partition coefficient (Wildman–Crippen LogP) is 5.35. The number of para-hydroxylation sites is 1. The number of nitrogens with one attached hydrogen (secondary N) is 1. The SMILES string of the molecule is Cc1ccc(S(=O)(=O)N(CC(=O)NCCOc2ccccc2Cl)c2cc(Cl)cc(Cl)c2)cc1. The first-order valence-electron chi connectivity index (χ1n) is 9.86. The molecule has 0 aromatic heterocycles. The van der Waals surface area contributed by atoms with Crippen LogP contribution in [0.25, 0.3) is 0 Å². The summed E-state index contributed by atoms with van der Waals surface area (Å²) in [5, 5.41) is 3.60. The summed E-state index contributed by atoms with van der Waals surface area (Å²) in [4.78, 5) is 12.7. The Hall–Kier alpha value is -2.45. The van der Waals surface area contributed by atoms with Crippen LogP contribution in [-0.2, 0) is 14.8 Å². The van der Waals surface area contributed by atoms with E-state index in [1.54, 1.807) is 36.4 Å². The molecule has 0 aliphatic rings.